The first kappa shape index (κ1) is 34.3. The molecule has 0 aromatic heterocycles. The SMILES string of the molecule is CCNC(=O)[C@@H]1C[C@H](N(C(=O)C(C)(C)C)C2CCC(C)(C)CC2)CN1C(=O)[C@@H]1CN(C(C)(C)C)C[C@H]1c1ccc(F)cc1F. The van der Waals surface area contributed by atoms with Crippen molar-refractivity contribution in [1.82, 2.24) is 20.0 Å². The van der Waals surface area contributed by atoms with E-state index in [1.165, 1.54) is 12.1 Å². The Morgan fingerprint density at radius 1 is 0.977 bits per heavy atom. The van der Waals surface area contributed by atoms with Crippen LogP contribution in [0.25, 0.3) is 0 Å². The molecule has 2 heterocycles. The smallest absolute Gasteiger partial charge is 0.242 e. The highest BCUT2D eigenvalue weighted by Gasteiger charge is 2.51. The Kier molecular flexibility index (Phi) is 9.90. The predicted octanol–water partition coefficient (Wildman–Crippen LogP) is 5.73. The molecule has 246 valence electrons. The van der Waals surface area contributed by atoms with Crippen LogP contribution >= 0.6 is 0 Å². The maximum absolute atomic E-state index is 15.2. The molecule has 44 heavy (non-hydrogen) atoms. The minimum Gasteiger partial charge on any atom is -0.355 e. The third-order valence-corrected chi connectivity index (χ3v) is 10.1. The van der Waals surface area contributed by atoms with Crippen LogP contribution in [0, 0.1) is 28.4 Å². The van der Waals surface area contributed by atoms with E-state index in [0.29, 0.717) is 31.6 Å². The van der Waals surface area contributed by atoms with Crippen LogP contribution < -0.4 is 5.32 Å². The quantitative estimate of drug-likeness (QED) is 0.443. The van der Waals surface area contributed by atoms with Crippen molar-refractivity contribution in [1.29, 1.82) is 0 Å². The number of halogens is 2. The first-order valence-corrected chi connectivity index (χ1v) is 16.4. The van der Waals surface area contributed by atoms with Crippen LogP contribution in [0.15, 0.2) is 18.2 Å². The van der Waals surface area contributed by atoms with E-state index >= 15 is 4.39 Å². The molecule has 2 aliphatic heterocycles. The Morgan fingerprint density at radius 2 is 1.61 bits per heavy atom. The lowest BCUT2D eigenvalue weighted by atomic mass is 9.74. The first-order chi connectivity index (χ1) is 20.3. The lowest BCUT2D eigenvalue weighted by Crippen LogP contribution is -2.54. The van der Waals surface area contributed by atoms with Crippen LogP contribution in [0.4, 0.5) is 8.78 Å². The van der Waals surface area contributed by atoms with Crippen molar-refractivity contribution in [3.8, 4) is 0 Å². The van der Waals surface area contributed by atoms with Gasteiger partial charge in [0, 0.05) is 55.2 Å². The van der Waals surface area contributed by atoms with Gasteiger partial charge in [0.25, 0.3) is 0 Å². The molecule has 2 saturated heterocycles. The standard InChI is InChI=1S/C35H54F2N4O3/c1-10-38-30(42)29-18-24(41(32(44)33(2,3)4)23-13-15-35(8,9)16-14-23)19-40(29)31(43)27-21-39(34(5,6)7)20-26(27)25-12-11-22(36)17-28(25)37/h11-12,17,23-24,26-27,29H,10,13-16,18-21H2,1-9H3,(H,38,42)/t24-,26-,27+,29-/m0/s1. The molecular weight excluding hydrogens is 562 g/mol. The van der Waals surface area contributed by atoms with Crippen molar-refractivity contribution in [2.45, 2.75) is 124 Å². The van der Waals surface area contributed by atoms with Gasteiger partial charge < -0.3 is 15.1 Å². The molecule has 1 N–H and O–H groups in total. The van der Waals surface area contributed by atoms with Crippen LogP contribution in [0.3, 0.4) is 0 Å². The van der Waals surface area contributed by atoms with Crippen LogP contribution in [-0.2, 0) is 14.4 Å². The monoisotopic (exact) mass is 616 g/mol. The van der Waals surface area contributed by atoms with E-state index in [2.05, 4.69) is 44.8 Å². The van der Waals surface area contributed by atoms with E-state index < -0.39 is 34.9 Å². The number of nitrogens with zero attached hydrogens (tertiary/aromatic N) is 3. The Morgan fingerprint density at radius 3 is 2.16 bits per heavy atom. The number of nitrogens with one attached hydrogen (secondary N) is 1. The van der Waals surface area contributed by atoms with Crippen molar-refractivity contribution in [3.63, 3.8) is 0 Å². The van der Waals surface area contributed by atoms with Gasteiger partial charge in [-0.05, 0) is 76.8 Å². The van der Waals surface area contributed by atoms with Gasteiger partial charge in [0.05, 0.1) is 12.0 Å². The molecule has 1 aromatic rings. The first-order valence-electron chi connectivity index (χ1n) is 16.4. The minimum atomic E-state index is -0.731. The number of hydrogen-bond donors (Lipinski definition) is 1. The summed E-state index contributed by atoms with van der Waals surface area (Å²) in [6.45, 7) is 19.9. The van der Waals surface area contributed by atoms with E-state index in [0.717, 1.165) is 31.7 Å². The predicted molar refractivity (Wildman–Crippen MR) is 169 cm³/mol. The molecule has 3 fully saturated rings. The van der Waals surface area contributed by atoms with E-state index in [1.54, 1.807) is 4.90 Å². The summed E-state index contributed by atoms with van der Waals surface area (Å²) in [6, 6.07) is 2.58. The van der Waals surface area contributed by atoms with Gasteiger partial charge in [0.15, 0.2) is 0 Å². The number of rotatable bonds is 6. The van der Waals surface area contributed by atoms with Crippen molar-refractivity contribution in [2.75, 3.05) is 26.2 Å². The molecule has 1 saturated carbocycles. The van der Waals surface area contributed by atoms with Gasteiger partial charge >= 0.3 is 0 Å². The zero-order valence-electron chi connectivity index (χ0n) is 28.3. The highest BCUT2D eigenvalue weighted by Crippen LogP contribution is 2.42. The number of likely N-dealkylation sites (N-methyl/N-ethyl adjacent to an activating group) is 1. The minimum absolute atomic E-state index is 0.0437. The average molecular weight is 617 g/mol. The number of carbonyl (C=O) groups is 3. The molecule has 0 unspecified atom stereocenters. The topological polar surface area (TPSA) is 73.0 Å². The van der Waals surface area contributed by atoms with Gasteiger partial charge in [-0.1, -0.05) is 40.7 Å². The zero-order chi connectivity index (χ0) is 32.8. The van der Waals surface area contributed by atoms with Gasteiger partial charge in [-0.15, -0.1) is 0 Å². The third-order valence-electron chi connectivity index (χ3n) is 10.1. The van der Waals surface area contributed by atoms with Crippen LogP contribution in [0.5, 0.6) is 0 Å². The molecule has 4 atom stereocenters. The average Bonchev–Trinajstić information content (AvgIpc) is 3.55. The molecule has 4 rings (SSSR count). The van der Waals surface area contributed by atoms with Gasteiger partial charge in [-0.25, -0.2) is 8.78 Å². The zero-order valence-corrected chi connectivity index (χ0v) is 28.3. The second-order valence-electron chi connectivity index (χ2n) is 16.1. The Hall–Kier alpha value is -2.55. The Bertz CT molecular complexity index is 1230. The number of hydrogen-bond acceptors (Lipinski definition) is 4. The highest BCUT2D eigenvalue weighted by atomic mass is 19.1. The number of carbonyl (C=O) groups excluding carboxylic acids is 3. The molecule has 1 aromatic carbocycles. The highest BCUT2D eigenvalue weighted by molar-refractivity contribution is 5.90. The molecule has 0 spiro atoms. The molecule has 0 radical (unpaired) electrons. The molecule has 3 amide bonds. The summed E-state index contributed by atoms with van der Waals surface area (Å²) < 4.78 is 29.1. The molecule has 9 heteroatoms. The molecule has 1 aliphatic carbocycles. The van der Waals surface area contributed by atoms with E-state index in [-0.39, 0.29) is 47.3 Å². The van der Waals surface area contributed by atoms with Crippen molar-refractivity contribution >= 4 is 17.7 Å². The Balaban J connectivity index is 1.70. The van der Waals surface area contributed by atoms with Crippen LogP contribution in [0.2, 0.25) is 0 Å². The van der Waals surface area contributed by atoms with Gasteiger partial charge in [-0.2, -0.15) is 0 Å². The van der Waals surface area contributed by atoms with Gasteiger partial charge in [-0.3, -0.25) is 19.3 Å². The van der Waals surface area contributed by atoms with Gasteiger partial charge in [0.1, 0.15) is 17.7 Å². The van der Waals surface area contributed by atoms with E-state index in [4.69, 9.17) is 0 Å². The lowest BCUT2D eigenvalue weighted by molar-refractivity contribution is -0.147. The van der Waals surface area contributed by atoms with Crippen molar-refractivity contribution in [2.24, 2.45) is 16.7 Å². The molecule has 7 nitrogen and oxygen atoms in total. The Labute approximate surface area is 263 Å². The van der Waals surface area contributed by atoms with E-state index in [1.807, 2.05) is 32.6 Å². The summed E-state index contributed by atoms with van der Waals surface area (Å²) in [7, 11) is 0. The largest absolute Gasteiger partial charge is 0.355 e. The molecular formula is C35H54F2N4O3. The summed E-state index contributed by atoms with van der Waals surface area (Å²) in [5.41, 5.74) is -0.354. The summed E-state index contributed by atoms with van der Waals surface area (Å²) in [6.07, 6.45) is 4.16. The number of amides is 3. The van der Waals surface area contributed by atoms with Gasteiger partial charge in [0.2, 0.25) is 17.7 Å². The molecule has 0 bridgehead atoms. The molecule has 3 aliphatic rings. The summed E-state index contributed by atoms with van der Waals surface area (Å²) in [4.78, 5) is 48.0. The number of likely N-dealkylation sites (tertiary alicyclic amines) is 2. The van der Waals surface area contributed by atoms with Crippen molar-refractivity contribution < 1.29 is 23.2 Å². The van der Waals surface area contributed by atoms with Crippen LogP contribution in [-0.4, -0.2) is 82.3 Å². The van der Waals surface area contributed by atoms with E-state index in [9.17, 15) is 18.8 Å². The maximum Gasteiger partial charge on any atom is 0.242 e. The second kappa shape index (κ2) is 12.7. The second-order valence-corrected chi connectivity index (χ2v) is 16.1. The normalized spacial score (nSPS) is 26.6. The third kappa shape index (κ3) is 7.29. The fraction of sp³-hybridized carbons (Fsp3) is 0.743. The lowest BCUT2D eigenvalue weighted by Gasteiger charge is -2.45. The summed E-state index contributed by atoms with van der Waals surface area (Å²) in [5, 5.41) is 2.92. The number of benzene rings is 1. The van der Waals surface area contributed by atoms with Crippen molar-refractivity contribution in [3.05, 3.63) is 35.4 Å². The fourth-order valence-electron chi connectivity index (χ4n) is 7.41. The summed E-state index contributed by atoms with van der Waals surface area (Å²) in [5.74, 6) is -2.83. The van der Waals surface area contributed by atoms with Crippen LogP contribution in [0.1, 0.15) is 106 Å². The maximum atomic E-state index is 15.2. The summed E-state index contributed by atoms with van der Waals surface area (Å²) >= 11 is 0. The fourth-order valence-corrected chi connectivity index (χ4v) is 7.41.